The third-order valence-electron chi connectivity index (χ3n) is 2.85. The summed E-state index contributed by atoms with van der Waals surface area (Å²) in [6.07, 6.45) is 4.58. The molecule has 0 amide bonds. The zero-order valence-corrected chi connectivity index (χ0v) is 13.0. The van der Waals surface area contributed by atoms with Gasteiger partial charge < -0.3 is 4.74 Å². The van der Waals surface area contributed by atoms with E-state index >= 15 is 0 Å². The number of halogens is 5. The second-order valence-electron chi connectivity index (χ2n) is 4.70. The van der Waals surface area contributed by atoms with Crippen molar-refractivity contribution in [3.05, 3.63) is 29.3 Å². The second kappa shape index (κ2) is 5.19. The topological polar surface area (TPSA) is 9.23 Å². The average molecular weight is 330 g/mol. The van der Waals surface area contributed by atoms with Crippen LogP contribution in [0.2, 0.25) is 0 Å². The van der Waals surface area contributed by atoms with Gasteiger partial charge in [-0.2, -0.15) is 0 Å². The summed E-state index contributed by atoms with van der Waals surface area (Å²) in [5.74, 6) is -0.818. The van der Waals surface area contributed by atoms with E-state index in [2.05, 4.69) is 0 Å². The Morgan fingerprint density at radius 1 is 1.10 bits per heavy atom. The number of ether oxygens (including phenoxy) is 1. The van der Waals surface area contributed by atoms with Crippen molar-refractivity contribution in [3.63, 3.8) is 0 Å². The Morgan fingerprint density at radius 3 is 2.19 bits per heavy atom. The summed E-state index contributed by atoms with van der Waals surface area (Å²) in [5, 5.41) is 0. The van der Waals surface area contributed by atoms with Crippen LogP contribution in [0.25, 0.3) is 6.08 Å². The van der Waals surface area contributed by atoms with E-state index in [0.29, 0.717) is 6.42 Å². The van der Waals surface area contributed by atoms with Crippen LogP contribution < -0.4 is 4.74 Å². The highest BCUT2D eigenvalue weighted by Crippen LogP contribution is 3.03. The van der Waals surface area contributed by atoms with Gasteiger partial charge in [0.2, 0.25) is 0 Å². The van der Waals surface area contributed by atoms with Crippen molar-refractivity contribution in [1.29, 1.82) is 0 Å². The van der Waals surface area contributed by atoms with Crippen molar-refractivity contribution in [2.45, 2.75) is 38.5 Å². The van der Waals surface area contributed by atoms with Crippen LogP contribution in [-0.4, -0.2) is 6.61 Å². The molecular weight excluding hydrogens is 311 g/mol. The molecule has 0 bridgehead atoms. The van der Waals surface area contributed by atoms with E-state index in [-0.39, 0.29) is 12.2 Å². The molecule has 1 rings (SSSR count). The quantitative estimate of drug-likeness (QED) is 0.517. The van der Waals surface area contributed by atoms with Crippen LogP contribution in [0.1, 0.15) is 37.8 Å². The summed E-state index contributed by atoms with van der Waals surface area (Å²) < 4.78 is 71.0. The Hall–Kier alpha value is -1.24. The molecular formula is C14H19F5OS. The number of benzene rings is 1. The Labute approximate surface area is 121 Å². The third-order valence-corrected chi connectivity index (χ3v) is 4.13. The first-order valence-electron chi connectivity index (χ1n) is 6.57. The van der Waals surface area contributed by atoms with Crippen molar-refractivity contribution in [1.82, 2.24) is 0 Å². The molecule has 0 aliphatic heterocycles. The smallest absolute Gasteiger partial charge is 0.314 e. The Kier molecular flexibility index (Phi) is 4.40. The van der Waals surface area contributed by atoms with Gasteiger partial charge in [-0.1, -0.05) is 51.0 Å². The molecule has 0 heterocycles. The molecule has 0 aliphatic rings. The number of unbranched alkanes of at least 4 members (excludes halogenated alkanes) is 1. The molecule has 1 nitrogen and oxygen atoms in total. The van der Waals surface area contributed by atoms with Crippen LogP contribution in [0, 0.1) is 6.92 Å². The first kappa shape index (κ1) is 17.8. The van der Waals surface area contributed by atoms with E-state index in [9.17, 15) is 19.4 Å². The molecule has 1 aromatic rings. The van der Waals surface area contributed by atoms with Gasteiger partial charge in [-0.15, -0.1) is 0 Å². The maximum Gasteiger partial charge on any atom is 0.314 e. The zero-order chi connectivity index (χ0) is 16.4. The van der Waals surface area contributed by atoms with Crippen molar-refractivity contribution in [2.75, 3.05) is 6.61 Å². The van der Waals surface area contributed by atoms with Gasteiger partial charge in [0.05, 0.1) is 6.61 Å². The molecule has 122 valence electrons. The van der Waals surface area contributed by atoms with Gasteiger partial charge in [0.25, 0.3) is 0 Å². The van der Waals surface area contributed by atoms with Crippen molar-refractivity contribution < 1.29 is 24.2 Å². The predicted molar refractivity (Wildman–Crippen MR) is 77.7 cm³/mol. The molecule has 0 unspecified atom stereocenters. The summed E-state index contributed by atoms with van der Waals surface area (Å²) in [5.41, 5.74) is -0.386. The number of rotatable bonds is 6. The van der Waals surface area contributed by atoms with E-state index in [4.69, 9.17) is 4.74 Å². The van der Waals surface area contributed by atoms with Crippen LogP contribution >= 0.6 is 10.2 Å². The van der Waals surface area contributed by atoms with E-state index in [1.165, 1.54) is 19.1 Å². The first-order valence-corrected chi connectivity index (χ1v) is 8.52. The summed E-state index contributed by atoms with van der Waals surface area (Å²) >= 11 is 0. The molecule has 0 saturated carbocycles. The van der Waals surface area contributed by atoms with Gasteiger partial charge in [0.15, 0.2) is 4.90 Å². The van der Waals surface area contributed by atoms with Crippen molar-refractivity contribution in [3.8, 4) is 5.75 Å². The molecule has 0 spiro atoms. The van der Waals surface area contributed by atoms with E-state index < -0.39 is 26.4 Å². The van der Waals surface area contributed by atoms with E-state index in [0.717, 1.165) is 19.4 Å². The molecule has 0 N–H and O–H groups in total. The van der Waals surface area contributed by atoms with Crippen LogP contribution in [0.3, 0.4) is 0 Å². The van der Waals surface area contributed by atoms with Crippen LogP contribution in [0.5, 0.6) is 5.75 Å². The molecule has 0 aromatic heterocycles. The van der Waals surface area contributed by atoms with Crippen LogP contribution in [0.15, 0.2) is 23.1 Å². The molecule has 0 fully saturated rings. The lowest BCUT2D eigenvalue weighted by Crippen LogP contribution is -2.12. The minimum absolute atomic E-state index is 0.120. The lowest BCUT2D eigenvalue weighted by atomic mass is 10.1. The van der Waals surface area contributed by atoms with Crippen molar-refractivity contribution >= 4 is 16.3 Å². The summed E-state index contributed by atoms with van der Waals surface area (Å²) in [6, 6.07) is 2.31. The standard InChI is InChI=1S/C14H19F5OS/c1-4-6-7-8-12-9-10-13(20-5-2)14(11(12)3)21(15,16,17,18)19/h7-10H,4-6H2,1-3H3/b8-7+. The normalized spacial score (nSPS) is 15.8. The Bertz CT molecular complexity index is 548. The van der Waals surface area contributed by atoms with Gasteiger partial charge in [-0.3, -0.25) is 0 Å². The zero-order valence-electron chi connectivity index (χ0n) is 12.1. The summed E-state index contributed by atoms with van der Waals surface area (Å²) in [6.45, 7) is 4.28. The third kappa shape index (κ3) is 4.62. The lowest BCUT2D eigenvalue weighted by molar-refractivity contribution is 0.311. The summed E-state index contributed by atoms with van der Waals surface area (Å²) in [4.78, 5) is -1.92. The van der Waals surface area contributed by atoms with Crippen LogP contribution in [0.4, 0.5) is 19.4 Å². The molecule has 7 heteroatoms. The van der Waals surface area contributed by atoms with Crippen molar-refractivity contribution in [2.24, 2.45) is 0 Å². The largest absolute Gasteiger partial charge is 0.492 e. The number of hydrogen-bond donors (Lipinski definition) is 0. The molecule has 21 heavy (non-hydrogen) atoms. The van der Waals surface area contributed by atoms with Gasteiger partial charge in [-0.25, -0.2) is 0 Å². The van der Waals surface area contributed by atoms with Gasteiger partial charge in [0, 0.05) is 0 Å². The maximum absolute atomic E-state index is 13.3. The molecule has 0 radical (unpaired) electrons. The van der Waals surface area contributed by atoms with E-state index in [1.54, 1.807) is 6.08 Å². The number of allylic oxidation sites excluding steroid dienone is 1. The fourth-order valence-corrected chi connectivity index (χ4v) is 3.19. The van der Waals surface area contributed by atoms with Crippen LogP contribution in [-0.2, 0) is 0 Å². The first-order chi connectivity index (χ1) is 9.40. The average Bonchev–Trinajstić information content (AvgIpc) is 2.29. The van der Waals surface area contributed by atoms with Gasteiger partial charge >= 0.3 is 10.2 Å². The monoisotopic (exact) mass is 330 g/mol. The molecule has 0 aliphatic carbocycles. The SMILES string of the molecule is CCC/C=C/c1ccc(OCC)c(S(F)(F)(F)(F)F)c1C. The molecule has 0 saturated heterocycles. The minimum Gasteiger partial charge on any atom is -0.492 e. The predicted octanol–water partition coefficient (Wildman–Crippen LogP) is 6.86. The van der Waals surface area contributed by atoms with E-state index in [1.807, 2.05) is 6.92 Å². The highest BCUT2D eigenvalue weighted by molar-refractivity contribution is 8.45. The van der Waals surface area contributed by atoms with Gasteiger partial charge in [0.1, 0.15) is 5.75 Å². The Morgan fingerprint density at radius 2 is 1.71 bits per heavy atom. The molecule has 1 aromatic carbocycles. The molecule has 0 atom stereocenters. The highest BCUT2D eigenvalue weighted by Gasteiger charge is 2.68. The maximum atomic E-state index is 13.3. The van der Waals surface area contributed by atoms with Gasteiger partial charge in [-0.05, 0) is 37.5 Å². The second-order valence-corrected chi connectivity index (χ2v) is 7.05. The highest BCUT2D eigenvalue weighted by atomic mass is 32.5. The fourth-order valence-electron chi connectivity index (χ4n) is 1.99. The minimum atomic E-state index is -9.82. The Balaban J connectivity index is 3.55. The number of hydrogen-bond acceptors (Lipinski definition) is 1. The summed E-state index contributed by atoms with van der Waals surface area (Å²) in [7, 11) is -9.82. The fraction of sp³-hybridized carbons (Fsp3) is 0.429. The lowest BCUT2D eigenvalue weighted by Gasteiger charge is -2.42.